The van der Waals surface area contributed by atoms with Crippen LogP contribution in [0.3, 0.4) is 0 Å². The molecule has 0 amide bonds. The van der Waals surface area contributed by atoms with Crippen LogP contribution in [-0.2, 0) is 0 Å². The summed E-state index contributed by atoms with van der Waals surface area (Å²) in [4.78, 5) is 4.62. The van der Waals surface area contributed by atoms with Gasteiger partial charge in [0.15, 0.2) is 0 Å². The number of anilines is 1. The number of hydrogen-bond donors (Lipinski definition) is 2. The van der Waals surface area contributed by atoms with Crippen molar-refractivity contribution in [3.63, 3.8) is 0 Å². The van der Waals surface area contributed by atoms with E-state index in [0.29, 0.717) is 22.6 Å². The highest BCUT2D eigenvalue weighted by atomic mass is 32.1. The molecule has 0 bridgehead atoms. The van der Waals surface area contributed by atoms with Gasteiger partial charge >= 0.3 is 0 Å². The Kier molecular flexibility index (Phi) is 4.53. The molecule has 0 aromatic carbocycles. The number of thiocarbonyl (C=S) groups is 1. The van der Waals surface area contributed by atoms with Crippen LogP contribution in [0.2, 0.25) is 0 Å². The third-order valence-corrected chi connectivity index (χ3v) is 3.94. The first-order chi connectivity index (χ1) is 8.68. The molecule has 1 aliphatic carbocycles. The molecular formula is C14H21N3S. The minimum absolute atomic E-state index is 0.361. The summed E-state index contributed by atoms with van der Waals surface area (Å²) in [6.07, 6.45) is 8.22. The molecule has 4 heteroatoms. The van der Waals surface area contributed by atoms with E-state index >= 15 is 0 Å². The standard InChI is InChI=1S/C14H21N3S/c1-10-6-3-2-4-7-11(10)17-12-8-5-9-16-13(12)14(15)18/h5,8-11,17H,2-4,6-7H2,1H3,(H2,15,18). The van der Waals surface area contributed by atoms with E-state index in [1.54, 1.807) is 6.20 Å². The SMILES string of the molecule is CC1CCCCCC1Nc1cccnc1C(N)=S. The van der Waals surface area contributed by atoms with Crippen molar-refractivity contribution in [2.45, 2.75) is 45.1 Å². The van der Waals surface area contributed by atoms with Crippen LogP contribution in [0.5, 0.6) is 0 Å². The molecule has 98 valence electrons. The number of hydrogen-bond acceptors (Lipinski definition) is 3. The van der Waals surface area contributed by atoms with E-state index in [1.165, 1.54) is 32.1 Å². The molecule has 2 rings (SSSR count). The van der Waals surface area contributed by atoms with E-state index in [1.807, 2.05) is 12.1 Å². The second kappa shape index (κ2) is 6.14. The second-order valence-corrected chi connectivity index (χ2v) is 5.57. The van der Waals surface area contributed by atoms with Crippen LogP contribution < -0.4 is 11.1 Å². The zero-order valence-electron chi connectivity index (χ0n) is 10.9. The van der Waals surface area contributed by atoms with Crippen molar-refractivity contribution < 1.29 is 0 Å². The van der Waals surface area contributed by atoms with Crippen LogP contribution in [-0.4, -0.2) is 16.0 Å². The van der Waals surface area contributed by atoms with Crippen molar-refractivity contribution in [3.05, 3.63) is 24.0 Å². The van der Waals surface area contributed by atoms with Gasteiger partial charge in [0.25, 0.3) is 0 Å². The van der Waals surface area contributed by atoms with Crippen LogP contribution in [0.15, 0.2) is 18.3 Å². The minimum Gasteiger partial charge on any atom is -0.388 e. The van der Waals surface area contributed by atoms with Crippen molar-refractivity contribution >= 4 is 22.9 Å². The molecule has 3 N–H and O–H groups in total. The summed E-state index contributed by atoms with van der Waals surface area (Å²) >= 11 is 5.05. The summed E-state index contributed by atoms with van der Waals surface area (Å²) in [5.41, 5.74) is 7.40. The Bertz CT molecular complexity index is 419. The van der Waals surface area contributed by atoms with Crippen LogP contribution >= 0.6 is 12.2 Å². The smallest absolute Gasteiger partial charge is 0.124 e. The van der Waals surface area contributed by atoms with Gasteiger partial charge in [0.1, 0.15) is 10.7 Å². The van der Waals surface area contributed by atoms with Crippen LogP contribution in [0.1, 0.15) is 44.7 Å². The van der Waals surface area contributed by atoms with E-state index in [-0.39, 0.29) is 0 Å². The maximum Gasteiger partial charge on any atom is 0.124 e. The van der Waals surface area contributed by atoms with Gasteiger partial charge in [0.05, 0.1) is 5.69 Å². The zero-order chi connectivity index (χ0) is 13.0. The molecule has 1 aliphatic rings. The lowest BCUT2D eigenvalue weighted by Gasteiger charge is -2.24. The van der Waals surface area contributed by atoms with Crippen molar-refractivity contribution in [3.8, 4) is 0 Å². The Morgan fingerprint density at radius 1 is 1.39 bits per heavy atom. The molecule has 3 nitrogen and oxygen atoms in total. The van der Waals surface area contributed by atoms with Crippen molar-refractivity contribution in [1.29, 1.82) is 0 Å². The Morgan fingerprint density at radius 2 is 2.17 bits per heavy atom. The summed E-state index contributed by atoms with van der Waals surface area (Å²) < 4.78 is 0. The predicted molar refractivity (Wildman–Crippen MR) is 79.8 cm³/mol. The summed E-state index contributed by atoms with van der Waals surface area (Å²) in [5, 5.41) is 3.59. The molecule has 1 saturated carbocycles. The van der Waals surface area contributed by atoms with Gasteiger partial charge in [-0.25, -0.2) is 0 Å². The maximum atomic E-state index is 5.71. The average Bonchev–Trinajstić information content (AvgIpc) is 2.55. The van der Waals surface area contributed by atoms with E-state index in [0.717, 1.165) is 5.69 Å². The average molecular weight is 263 g/mol. The molecule has 0 spiro atoms. The molecular weight excluding hydrogens is 242 g/mol. The molecule has 1 aromatic rings. The number of pyridine rings is 1. The second-order valence-electron chi connectivity index (χ2n) is 5.13. The van der Waals surface area contributed by atoms with Crippen molar-refractivity contribution in [2.75, 3.05) is 5.32 Å². The van der Waals surface area contributed by atoms with Gasteiger partial charge in [0.2, 0.25) is 0 Å². The topological polar surface area (TPSA) is 50.9 Å². The summed E-state index contributed by atoms with van der Waals surface area (Å²) in [6, 6.07) is 4.44. The van der Waals surface area contributed by atoms with Crippen LogP contribution in [0.25, 0.3) is 0 Å². The van der Waals surface area contributed by atoms with E-state index in [2.05, 4.69) is 17.2 Å². The summed E-state index contributed by atoms with van der Waals surface area (Å²) in [7, 11) is 0. The minimum atomic E-state index is 0.361. The van der Waals surface area contributed by atoms with E-state index < -0.39 is 0 Å². The maximum absolute atomic E-state index is 5.71. The first-order valence-electron chi connectivity index (χ1n) is 6.70. The largest absolute Gasteiger partial charge is 0.388 e. The number of aromatic nitrogens is 1. The fourth-order valence-corrected chi connectivity index (χ4v) is 2.79. The first kappa shape index (κ1) is 13.3. The van der Waals surface area contributed by atoms with E-state index in [9.17, 15) is 0 Å². The first-order valence-corrected chi connectivity index (χ1v) is 7.10. The lowest BCUT2D eigenvalue weighted by Crippen LogP contribution is -2.28. The molecule has 2 atom stereocenters. The summed E-state index contributed by atoms with van der Waals surface area (Å²) in [6.45, 7) is 2.32. The molecule has 0 saturated heterocycles. The number of nitrogens with one attached hydrogen (secondary N) is 1. The Morgan fingerprint density at radius 3 is 2.94 bits per heavy atom. The highest BCUT2D eigenvalue weighted by Gasteiger charge is 2.20. The quantitative estimate of drug-likeness (QED) is 0.650. The Balaban J connectivity index is 2.14. The van der Waals surface area contributed by atoms with Gasteiger partial charge in [-0.1, -0.05) is 38.4 Å². The van der Waals surface area contributed by atoms with Gasteiger partial charge < -0.3 is 11.1 Å². The number of nitrogens with two attached hydrogens (primary N) is 1. The lowest BCUT2D eigenvalue weighted by atomic mass is 9.96. The van der Waals surface area contributed by atoms with Gasteiger partial charge in [-0.2, -0.15) is 0 Å². The molecule has 2 unspecified atom stereocenters. The molecule has 0 aliphatic heterocycles. The van der Waals surface area contributed by atoms with E-state index in [4.69, 9.17) is 18.0 Å². The zero-order valence-corrected chi connectivity index (χ0v) is 11.7. The lowest BCUT2D eigenvalue weighted by molar-refractivity contribution is 0.456. The van der Waals surface area contributed by atoms with Crippen LogP contribution in [0.4, 0.5) is 5.69 Å². The highest BCUT2D eigenvalue weighted by Crippen LogP contribution is 2.26. The Hall–Kier alpha value is -1.16. The fraction of sp³-hybridized carbons (Fsp3) is 0.571. The Labute approximate surface area is 114 Å². The summed E-state index contributed by atoms with van der Waals surface area (Å²) in [5.74, 6) is 0.687. The van der Waals surface area contributed by atoms with Crippen molar-refractivity contribution in [2.24, 2.45) is 11.7 Å². The van der Waals surface area contributed by atoms with Gasteiger partial charge in [-0.3, -0.25) is 4.98 Å². The number of nitrogens with zero attached hydrogens (tertiary/aromatic N) is 1. The van der Waals surface area contributed by atoms with Gasteiger partial charge in [0, 0.05) is 12.2 Å². The van der Waals surface area contributed by atoms with Crippen LogP contribution in [0, 0.1) is 5.92 Å². The monoisotopic (exact) mass is 263 g/mol. The van der Waals surface area contributed by atoms with Gasteiger partial charge in [-0.05, 0) is 30.9 Å². The molecule has 1 heterocycles. The number of rotatable bonds is 3. The molecule has 0 radical (unpaired) electrons. The third-order valence-electron chi connectivity index (χ3n) is 3.74. The normalized spacial score (nSPS) is 24.3. The molecule has 1 fully saturated rings. The van der Waals surface area contributed by atoms with Crippen molar-refractivity contribution in [1.82, 2.24) is 4.98 Å². The third kappa shape index (κ3) is 3.19. The highest BCUT2D eigenvalue weighted by molar-refractivity contribution is 7.80. The molecule has 1 aromatic heterocycles. The molecule has 18 heavy (non-hydrogen) atoms. The van der Waals surface area contributed by atoms with Gasteiger partial charge in [-0.15, -0.1) is 0 Å². The fourth-order valence-electron chi connectivity index (χ4n) is 2.63. The predicted octanol–water partition coefficient (Wildman–Crippen LogP) is 3.10.